The van der Waals surface area contributed by atoms with Gasteiger partial charge in [0.25, 0.3) is 0 Å². The van der Waals surface area contributed by atoms with Gasteiger partial charge in [-0.2, -0.15) is 0 Å². The number of anilines is 2. The molecule has 0 aliphatic heterocycles. The predicted octanol–water partition coefficient (Wildman–Crippen LogP) is 2.23. The van der Waals surface area contributed by atoms with Crippen LogP contribution in [0.2, 0.25) is 5.02 Å². The van der Waals surface area contributed by atoms with Crippen LogP contribution in [0.15, 0.2) is 17.0 Å². The van der Waals surface area contributed by atoms with Crippen LogP contribution >= 0.6 is 23.4 Å². The maximum Gasteiger partial charge on any atom is 0.0563 e. The zero-order chi connectivity index (χ0) is 8.43. The van der Waals surface area contributed by atoms with E-state index in [0.717, 1.165) is 4.90 Å². The smallest absolute Gasteiger partial charge is 0.0563 e. The molecular weight excluding hydrogens is 180 g/mol. The van der Waals surface area contributed by atoms with E-state index in [1.807, 2.05) is 6.26 Å². The van der Waals surface area contributed by atoms with E-state index in [1.165, 1.54) is 0 Å². The van der Waals surface area contributed by atoms with Gasteiger partial charge in [-0.25, -0.2) is 0 Å². The van der Waals surface area contributed by atoms with Gasteiger partial charge in [0.1, 0.15) is 0 Å². The molecule has 1 aromatic rings. The number of thioether (sulfide) groups is 1. The molecule has 0 heterocycles. The van der Waals surface area contributed by atoms with Gasteiger partial charge in [0.05, 0.1) is 16.4 Å². The van der Waals surface area contributed by atoms with Gasteiger partial charge in [-0.3, -0.25) is 0 Å². The van der Waals surface area contributed by atoms with Crippen LogP contribution in [0.4, 0.5) is 11.4 Å². The van der Waals surface area contributed by atoms with Crippen LogP contribution in [0.25, 0.3) is 0 Å². The van der Waals surface area contributed by atoms with Crippen molar-refractivity contribution in [2.75, 3.05) is 17.7 Å². The lowest BCUT2D eigenvalue weighted by Crippen LogP contribution is -1.94. The van der Waals surface area contributed by atoms with Crippen LogP contribution in [0.5, 0.6) is 0 Å². The summed E-state index contributed by atoms with van der Waals surface area (Å²) in [5, 5.41) is 0.657. The number of hydrogen-bond acceptors (Lipinski definition) is 3. The second kappa shape index (κ2) is 3.24. The first kappa shape index (κ1) is 8.56. The lowest BCUT2D eigenvalue weighted by molar-refractivity contribution is 1.47. The zero-order valence-corrected chi connectivity index (χ0v) is 7.67. The number of nitrogens with two attached hydrogens (primary N) is 2. The topological polar surface area (TPSA) is 52.0 Å². The summed E-state index contributed by atoms with van der Waals surface area (Å²) in [6.45, 7) is 0. The van der Waals surface area contributed by atoms with E-state index in [4.69, 9.17) is 23.1 Å². The molecule has 4 heteroatoms. The molecule has 1 rings (SSSR count). The van der Waals surface area contributed by atoms with Crippen molar-refractivity contribution in [1.29, 1.82) is 0 Å². The fraction of sp³-hybridized carbons (Fsp3) is 0.143. The number of halogens is 1. The molecule has 0 saturated heterocycles. The quantitative estimate of drug-likeness (QED) is 0.525. The second-order valence-corrected chi connectivity index (χ2v) is 3.37. The summed E-state index contributed by atoms with van der Waals surface area (Å²) in [6, 6.07) is 3.45. The molecule has 1 aromatic carbocycles. The lowest BCUT2D eigenvalue weighted by atomic mass is 10.3. The molecule has 0 aliphatic carbocycles. The minimum atomic E-state index is 0.535. The Morgan fingerprint density at radius 2 is 1.82 bits per heavy atom. The van der Waals surface area contributed by atoms with Crippen molar-refractivity contribution in [3.63, 3.8) is 0 Å². The van der Waals surface area contributed by atoms with Gasteiger partial charge in [0.15, 0.2) is 0 Å². The third-order valence-corrected chi connectivity index (χ3v) is 2.56. The first-order chi connectivity index (χ1) is 5.15. The second-order valence-electron chi connectivity index (χ2n) is 2.12. The number of benzene rings is 1. The van der Waals surface area contributed by atoms with Crippen molar-refractivity contribution < 1.29 is 0 Å². The number of nitrogen functional groups attached to an aromatic ring is 2. The van der Waals surface area contributed by atoms with Crippen molar-refractivity contribution in [3.05, 3.63) is 17.2 Å². The minimum absolute atomic E-state index is 0.535. The minimum Gasteiger partial charge on any atom is -0.397 e. The van der Waals surface area contributed by atoms with Crippen LogP contribution in [-0.4, -0.2) is 6.26 Å². The normalized spacial score (nSPS) is 10.0. The summed E-state index contributed by atoms with van der Waals surface area (Å²) < 4.78 is 0. The molecule has 0 bridgehead atoms. The Hall–Kier alpha value is -0.540. The van der Waals surface area contributed by atoms with E-state index in [-0.39, 0.29) is 0 Å². The van der Waals surface area contributed by atoms with E-state index in [0.29, 0.717) is 16.4 Å². The fourth-order valence-electron chi connectivity index (χ4n) is 0.741. The SMILES string of the molecule is CSc1cc(N)c(N)cc1Cl. The molecule has 60 valence electrons. The summed E-state index contributed by atoms with van der Waals surface area (Å²) in [6.07, 6.45) is 1.94. The molecule has 0 saturated carbocycles. The van der Waals surface area contributed by atoms with Gasteiger partial charge in [0, 0.05) is 4.90 Å². The molecule has 0 aliphatic rings. The van der Waals surface area contributed by atoms with Gasteiger partial charge < -0.3 is 11.5 Å². The highest BCUT2D eigenvalue weighted by molar-refractivity contribution is 7.98. The van der Waals surface area contributed by atoms with Gasteiger partial charge in [-0.15, -0.1) is 11.8 Å². The molecule has 0 fully saturated rings. The molecule has 2 nitrogen and oxygen atoms in total. The molecule has 0 aromatic heterocycles. The van der Waals surface area contributed by atoms with Gasteiger partial charge in [-0.05, 0) is 18.4 Å². The molecule has 0 unspecified atom stereocenters. The van der Waals surface area contributed by atoms with Crippen LogP contribution in [0.3, 0.4) is 0 Å². The summed E-state index contributed by atoms with van der Waals surface area (Å²) in [7, 11) is 0. The van der Waals surface area contributed by atoms with Crippen molar-refractivity contribution in [1.82, 2.24) is 0 Å². The molecule has 0 amide bonds. The average Bonchev–Trinajstić information content (AvgIpc) is 1.97. The van der Waals surface area contributed by atoms with Gasteiger partial charge >= 0.3 is 0 Å². The highest BCUT2D eigenvalue weighted by atomic mass is 35.5. The van der Waals surface area contributed by atoms with Gasteiger partial charge in [-0.1, -0.05) is 11.6 Å². The maximum absolute atomic E-state index is 5.85. The van der Waals surface area contributed by atoms with Crippen molar-refractivity contribution in [2.24, 2.45) is 0 Å². The van der Waals surface area contributed by atoms with Crippen LogP contribution in [0.1, 0.15) is 0 Å². The lowest BCUT2D eigenvalue weighted by Gasteiger charge is -2.04. The largest absolute Gasteiger partial charge is 0.397 e. The molecular formula is C7H9ClN2S. The van der Waals surface area contributed by atoms with E-state index >= 15 is 0 Å². The maximum atomic E-state index is 5.85. The Morgan fingerprint density at radius 1 is 1.27 bits per heavy atom. The number of hydrogen-bond donors (Lipinski definition) is 2. The van der Waals surface area contributed by atoms with E-state index in [9.17, 15) is 0 Å². The standard InChI is InChI=1S/C7H9ClN2S/c1-11-7-3-6(10)5(9)2-4(7)8/h2-3H,9-10H2,1H3. The highest BCUT2D eigenvalue weighted by Gasteiger charge is 2.01. The van der Waals surface area contributed by atoms with Crippen molar-refractivity contribution in [3.8, 4) is 0 Å². The van der Waals surface area contributed by atoms with E-state index in [1.54, 1.807) is 23.9 Å². The fourth-order valence-corrected chi connectivity index (χ4v) is 1.64. The Bertz CT molecular complexity index is 275. The number of rotatable bonds is 1. The highest BCUT2D eigenvalue weighted by Crippen LogP contribution is 2.30. The Labute approximate surface area is 74.9 Å². The van der Waals surface area contributed by atoms with Crippen LogP contribution in [-0.2, 0) is 0 Å². The predicted molar refractivity (Wildman–Crippen MR) is 52.1 cm³/mol. The molecule has 4 N–H and O–H groups in total. The molecule has 0 spiro atoms. The Balaban J connectivity index is 3.21. The van der Waals surface area contributed by atoms with Crippen molar-refractivity contribution >= 4 is 34.7 Å². The Morgan fingerprint density at radius 3 is 2.36 bits per heavy atom. The van der Waals surface area contributed by atoms with Crippen LogP contribution in [0, 0.1) is 0 Å². The first-order valence-corrected chi connectivity index (χ1v) is 4.64. The monoisotopic (exact) mass is 188 g/mol. The van der Waals surface area contributed by atoms with Crippen LogP contribution < -0.4 is 11.5 Å². The van der Waals surface area contributed by atoms with Gasteiger partial charge in [0.2, 0.25) is 0 Å². The molecule has 0 radical (unpaired) electrons. The molecule has 0 atom stereocenters. The summed E-state index contributed by atoms with van der Waals surface area (Å²) in [4.78, 5) is 0.957. The zero-order valence-electron chi connectivity index (χ0n) is 6.10. The average molecular weight is 189 g/mol. The summed E-state index contributed by atoms with van der Waals surface area (Å²) in [5.41, 5.74) is 12.2. The van der Waals surface area contributed by atoms with E-state index in [2.05, 4.69) is 0 Å². The van der Waals surface area contributed by atoms with E-state index < -0.39 is 0 Å². The first-order valence-electron chi connectivity index (χ1n) is 3.03. The van der Waals surface area contributed by atoms with Crippen molar-refractivity contribution in [2.45, 2.75) is 4.90 Å². The summed E-state index contributed by atoms with van der Waals surface area (Å²) in [5.74, 6) is 0. The summed E-state index contributed by atoms with van der Waals surface area (Å²) >= 11 is 7.40. The molecule has 11 heavy (non-hydrogen) atoms. The third-order valence-electron chi connectivity index (χ3n) is 1.36. The Kier molecular flexibility index (Phi) is 2.52. The third kappa shape index (κ3) is 1.73.